The van der Waals surface area contributed by atoms with Gasteiger partial charge in [-0.25, -0.2) is 0 Å². The van der Waals surface area contributed by atoms with E-state index in [1.54, 1.807) is 0 Å². The van der Waals surface area contributed by atoms with Gasteiger partial charge in [0.05, 0.1) is 6.04 Å². The summed E-state index contributed by atoms with van der Waals surface area (Å²) in [6.45, 7) is 6.93. The largest absolute Gasteiger partial charge is 0.459 e. The van der Waals surface area contributed by atoms with Crippen LogP contribution in [-0.2, 0) is 0 Å². The number of nitrogens with one attached hydrogen (secondary N) is 1. The van der Waals surface area contributed by atoms with Gasteiger partial charge < -0.3 is 9.73 Å². The van der Waals surface area contributed by atoms with E-state index in [0.717, 1.165) is 11.3 Å². The van der Waals surface area contributed by atoms with Crippen molar-refractivity contribution >= 4 is 11.0 Å². The average molecular weight is 257 g/mol. The van der Waals surface area contributed by atoms with Gasteiger partial charge in [-0.3, -0.25) is 0 Å². The van der Waals surface area contributed by atoms with Crippen molar-refractivity contribution in [3.05, 3.63) is 36.1 Å². The molecule has 0 aliphatic heterocycles. The zero-order valence-electron chi connectivity index (χ0n) is 12.1. The molecule has 1 saturated carbocycles. The summed E-state index contributed by atoms with van der Waals surface area (Å²) in [5.74, 6) is 1.05. The predicted molar refractivity (Wildman–Crippen MR) is 79.2 cm³/mol. The fourth-order valence-electron chi connectivity index (χ4n) is 3.24. The van der Waals surface area contributed by atoms with E-state index in [9.17, 15) is 0 Å². The minimum absolute atomic E-state index is 0.273. The third kappa shape index (κ3) is 2.42. The molecule has 2 heteroatoms. The van der Waals surface area contributed by atoms with Gasteiger partial charge in [0.2, 0.25) is 0 Å². The molecule has 2 atom stereocenters. The smallest absolute Gasteiger partial charge is 0.134 e. The van der Waals surface area contributed by atoms with E-state index in [0.29, 0.717) is 11.5 Å². The minimum atomic E-state index is 0.273. The summed E-state index contributed by atoms with van der Waals surface area (Å²) < 4.78 is 5.95. The molecular formula is C17H23NO. The van der Waals surface area contributed by atoms with Gasteiger partial charge in [-0.2, -0.15) is 0 Å². The van der Waals surface area contributed by atoms with Crippen LogP contribution in [-0.4, -0.2) is 6.04 Å². The van der Waals surface area contributed by atoms with Crippen molar-refractivity contribution in [2.45, 2.75) is 52.1 Å². The van der Waals surface area contributed by atoms with Crippen LogP contribution in [0.1, 0.15) is 51.8 Å². The van der Waals surface area contributed by atoms with Crippen molar-refractivity contribution in [1.29, 1.82) is 0 Å². The maximum atomic E-state index is 5.95. The SMILES string of the molecule is CC(NC1CCCC1(C)C)c1cc2ccccc2o1. The van der Waals surface area contributed by atoms with Gasteiger partial charge in [-0.15, -0.1) is 0 Å². The van der Waals surface area contributed by atoms with Gasteiger partial charge in [0.1, 0.15) is 11.3 Å². The van der Waals surface area contributed by atoms with Crippen molar-refractivity contribution < 1.29 is 4.42 Å². The summed E-state index contributed by atoms with van der Waals surface area (Å²) in [6, 6.07) is 11.2. The van der Waals surface area contributed by atoms with E-state index >= 15 is 0 Å². The van der Waals surface area contributed by atoms with Crippen LogP contribution in [0.15, 0.2) is 34.7 Å². The van der Waals surface area contributed by atoms with Crippen molar-refractivity contribution in [3.8, 4) is 0 Å². The standard InChI is InChI=1S/C17H23NO/c1-12(18-16-9-6-10-17(16,2)3)15-11-13-7-4-5-8-14(13)19-15/h4-5,7-8,11-12,16,18H,6,9-10H2,1-3H3. The highest BCUT2D eigenvalue weighted by atomic mass is 16.3. The number of para-hydroxylation sites is 1. The lowest BCUT2D eigenvalue weighted by Crippen LogP contribution is -2.39. The van der Waals surface area contributed by atoms with Crippen LogP contribution < -0.4 is 5.32 Å². The number of fused-ring (bicyclic) bond motifs is 1. The predicted octanol–water partition coefficient (Wildman–Crippen LogP) is 4.66. The second kappa shape index (κ2) is 4.68. The van der Waals surface area contributed by atoms with Crippen LogP contribution >= 0.6 is 0 Å². The molecule has 1 heterocycles. The van der Waals surface area contributed by atoms with Gasteiger partial charge in [-0.1, -0.05) is 38.5 Å². The molecule has 1 N–H and O–H groups in total. The Morgan fingerprint density at radius 3 is 2.79 bits per heavy atom. The zero-order valence-corrected chi connectivity index (χ0v) is 12.1. The zero-order chi connectivity index (χ0) is 13.5. The van der Waals surface area contributed by atoms with Crippen LogP contribution in [0.2, 0.25) is 0 Å². The molecule has 2 nitrogen and oxygen atoms in total. The molecule has 1 aliphatic rings. The lowest BCUT2D eigenvalue weighted by molar-refractivity contribution is 0.257. The Bertz CT molecular complexity index is 536. The Morgan fingerprint density at radius 1 is 1.32 bits per heavy atom. The Kier molecular flexibility index (Phi) is 3.14. The number of benzene rings is 1. The van der Waals surface area contributed by atoms with E-state index < -0.39 is 0 Å². The van der Waals surface area contributed by atoms with Crippen LogP contribution in [0, 0.1) is 5.41 Å². The third-order valence-electron chi connectivity index (χ3n) is 4.58. The molecule has 1 aromatic carbocycles. The molecule has 2 aromatic rings. The summed E-state index contributed by atoms with van der Waals surface area (Å²) in [5, 5.41) is 4.94. The maximum Gasteiger partial charge on any atom is 0.134 e. The van der Waals surface area contributed by atoms with Crippen molar-refractivity contribution in [3.63, 3.8) is 0 Å². The van der Waals surface area contributed by atoms with Gasteiger partial charge in [0.25, 0.3) is 0 Å². The summed E-state index contributed by atoms with van der Waals surface area (Å²) >= 11 is 0. The Labute approximate surface area is 115 Å². The Morgan fingerprint density at radius 2 is 2.11 bits per heavy atom. The molecule has 1 aliphatic carbocycles. The number of rotatable bonds is 3. The lowest BCUT2D eigenvalue weighted by atomic mass is 9.87. The minimum Gasteiger partial charge on any atom is -0.459 e. The van der Waals surface area contributed by atoms with E-state index in [-0.39, 0.29) is 6.04 Å². The van der Waals surface area contributed by atoms with E-state index in [2.05, 4.69) is 44.3 Å². The quantitative estimate of drug-likeness (QED) is 0.865. The summed E-state index contributed by atoms with van der Waals surface area (Å²) in [4.78, 5) is 0. The molecule has 19 heavy (non-hydrogen) atoms. The summed E-state index contributed by atoms with van der Waals surface area (Å²) in [7, 11) is 0. The molecule has 1 fully saturated rings. The third-order valence-corrected chi connectivity index (χ3v) is 4.58. The second-order valence-corrected chi connectivity index (χ2v) is 6.51. The first kappa shape index (κ1) is 12.7. The number of furan rings is 1. The van der Waals surface area contributed by atoms with E-state index in [4.69, 9.17) is 4.42 Å². The fraction of sp³-hybridized carbons (Fsp3) is 0.529. The van der Waals surface area contributed by atoms with Gasteiger partial charge in [-0.05, 0) is 37.3 Å². The molecule has 1 aromatic heterocycles. The first-order chi connectivity index (χ1) is 9.06. The van der Waals surface area contributed by atoms with E-state index in [1.165, 1.54) is 24.6 Å². The van der Waals surface area contributed by atoms with Crippen LogP contribution in [0.25, 0.3) is 11.0 Å². The fourth-order valence-corrected chi connectivity index (χ4v) is 3.24. The topological polar surface area (TPSA) is 25.2 Å². The molecular weight excluding hydrogens is 234 g/mol. The first-order valence-corrected chi connectivity index (χ1v) is 7.31. The Hall–Kier alpha value is -1.28. The van der Waals surface area contributed by atoms with Crippen LogP contribution in [0.5, 0.6) is 0 Å². The molecule has 3 rings (SSSR count). The van der Waals surface area contributed by atoms with Gasteiger partial charge in [0, 0.05) is 11.4 Å². The monoisotopic (exact) mass is 257 g/mol. The highest BCUT2D eigenvalue weighted by molar-refractivity contribution is 5.77. The van der Waals surface area contributed by atoms with Crippen molar-refractivity contribution in [2.24, 2.45) is 5.41 Å². The molecule has 0 spiro atoms. The molecule has 0 bridgehead atoms. The van der Waals surface area contributed by atoms with E-state index in [1.807, 2.05) is 12.1 Å². The average Bonchev–Trinajstić information content (AvgIpc) is 2.93. The molecule has 102 valence electrons. The summed E-state index contributed by atoms with van der Waals surface area (Å²) in [5.41, 5.74) is 1.39. The van der Waals surface area contributed by atoms with Crippen molar-refractivity contribution in [1.82, 2.24) is 5.32 Å². The molecule has 0 saturated heterocycles. The molecule has 0 radical (unpaired) electrons. The highest BCUT2D eigenvalue weighted by Gasteiger charge is 2.35. The van der Waals surface area contributed by atoms with Crippen molar-refractivity contribution in [2.75, 3.05) is 0 Å². The van der Waals surface area contributed by atoms with Gasteiger partial charge in [0.15, 0.2) is 0 Å². The van der Waals surface area contributed by atoms with Crippen LogP contribution in [0.3, 0.4) is 0 Å². The summed E-state index contributed by atoms with van der Waals surface area (Å²) in [6.07, 6.45) is 3.92. The number of hydrogen-bond acceptors (Lipinski definition) is 2. The maximum absolute atomic E-state index is 5.95. The van der Waals surface area contributed by atoms with Gasteiger partial charge >= 0.3 is 0 Å². The Balaban J connectivity index is 1.78. The number of hydrogen-bond donors (Lipinski definition) is 1. The molecule has 0 amide bonds. The van der Waals surface area contributed by atoms with Crippen LogP contribution in [0.4, 0.5) is 0 Å². The lowest BCUT2D eigenvalue weighted by Gasteiger charge is -2.30. The highest BCUT2D eigenvalue weighted by Crippen LogP contribution is 2.38. The second-order valence-electron chi connectivity index (χ2n) is 6.51. The molecule has 2 unspecified atom stereocenters. The first-order valence-electron chi connectivity index (χ1n) is 7.31. The normalized spacial score (nSPS) is 23.8.